The molecule has 11 heteroatoms. The van der Waals surface area contributed by atoms with E-state index >= 15 is 8.78 Å². The molecular weight excluding hydrogens is 647 g/mol. The zero-order valence-corrected chi connectivity index (χ0v) is 29.6. The number of piperidine rings is 1. The number of fused-ring (bicyclic) bond motifs is 8. The lowest BCUT2D eigenvalue weighted by Gasteiger charge is -2.42. The highest BCUT2D eigenvalue weighted by Crippen LogP contribution is 2.44. The number of hydrogen-bond acceptors (Lipinski definition) is 6. The van der Waals surface area contributed by atoms with Crippen LogP contribution < -0.4 is 9.64 Å². The van der Waals surface area contributed by atoms with Crippen LogP contribution in [-0.2, 0) is 14.3 Å². The Kier molecular flexibility index (Phi) is 9.94. The number of pyridine rings is 1. The van der Waals surface area contributed by atoms with Crippen LogP contribution in [0.25, 0.3) is 28.0 Å². The van der Waals surface area contributed by atoms with E-state index in [-0.39, 0.29) is 28.4 Å². The van der Waals surface area contributed by atoms with Gasteiger partial charge in [-0.1, -0.05) is 18.2 Å². The number of aromatic nitrogens is 2. The van der Waals surface area contributed by atoms with E-state index in [1.165, 1.54) is 19.1 Å². The van der Waals surface area contributed by atoms with Gasteiger partial charge in [-0.25, -0.2) is 22.9 Å². The minimum atomic E-state index is -2.95. The van der Waals surface area contributed by atoms with Crippen LogP contribution in [0.1, 0.15) is 95.9 Å². The maximum absolute atomic E-state index is 15.1. The molecule has 50 heavy (non-hydrogen) atoms. The minimum absolute atomic E-state index is 0.0376. The number of nitrogens with zero attached hydrogens (tertiary/aromatic N) is 3. The zero-order chi connectivity index (χ0) is 36.0. The van der Waals surface area contributed by atoms with Crippen LogP contribution in [-0.4, -0.2) is 57.5 Å². The summed E-state index contributed by atoms with van der Waals surface area (Å²) in [5.41, 5.74) is 0.956. The Labute approximate surface area is 291 Å². The van der Waals surface area contributed by atoms with Gasteiger partial charge < -0.3 is 24.2 Å². The van der Waals surface area contributed by atoms with Crippen molar-refractivity contribution in [3.63, 3.8) is 0 Å². The molecule has 0 spiro atoms. The molecule has 268 valence electrons. The number of aliphatic carboxylic acids is 1. The lowest BCUT2D eigenvalue weighted by atomic mass is 9.91. The molecule has 3 aliphatic heterocycles. The summed E-state index contributed by atoms with van der Waals surface area (Å²) in [4.78, 5) is 19.8. The van der Waals surface area contributed by atoms with E-state index in [2.05, 4.69) is 11.8 Å². The van der Waals surface area contributed by atoms with Crippen molar-refractivity contribution in [2.45, 2.75) is 103 Å². The van der Waals surface area contributed by atoms with E-state index in [0.29, 0.717) is 66.5 Å². The Balaban J connectivity index is 1.61. The van der Waals surface area contributed by atoms with Crippen LogP contribution in [0, 0.1) is 12.7 Å². The van der Waals surface area contributed by atoms with Crippen molar-refractivity contribution in [1.82, 2.24) is 9.38 Å². The van der Waals surface area contributed by atoms with Crippen molar-refractivity contribution in [2.24, 2.45) is 0 Å². The average molecular weight is 694 g/mol. The molecule has 5 heterocycles. The summed E-state index contributed by atoms with van der Waals surface area (Å²) in [6.07, 6.45) is 0.914. The number of benzene rings is 2. The number of carboxylic acid groups (broad SMARTS) is 1. The molecule has 2 atom stereocenters. The van der Waals surface area contributed by atoms with Crippen LogP contribution in [0.3, 0.4) is 0 Å². The molecule has 0 saturated carbocycles. The molecule has 7 rings (SSSR count). The molecule has 8 nitrogen and oxygen atoms in total. The number of imidazole rings is 1. The highest BCUT2D eigenvalue weighted by Gasteiger charge is 2.39. The maximum Gasteiger partial charge on any atom is 0.337 e. The first-order valence-corrected chi connectivity index (χ1v) is 17.3. The number of anilines is 1. The van der Waals surface area contributed by atoms with E-state index in [4.69, 9.17) is 19.2 Å². The highest BCUT2D eigenvalue weighted by atomic mass is 19.3. The SMILES string of the molecule is Cc1c([C@H](OC(C)(C)C)C(=O)O)c2n3cc(nc3c1C(F)F)-c1cccc(c1)-c1cc(F)ccc1O[C@@H](C)CCCCOC1(C)CCN2CC1. The molecule has 0 amide bonds. The van der Waals surface area contributed by atoms with Crippen molar-refractivity contribution in [1.29, 1.82) is 0 Å². The van der Waals surface area contributed by atoms with Crippen molar-refractivity contribution in [2.75, 3.05) is 24.6 Å². The summed E-state index contributed by atoms with van der Waals surface area (Å²) in [5.74, 6) is -0.692. The van der Waals surface area contributed by atoms with E-state index in [1.807, 2.05) is 31.2 Å². The van der Waals surface area contributed by atoms with Crippen molar-refractivity contribution >= 4 is 17.4 Å². The molecule has 2 aromatic carbocycles. The van der Waals surface area contributed by atoms with Crippen molar-refractivity contribution < 1.29 is 37.3 Å². The van der Waals surface area contributed by atoms with Crippen LogP contribution in [0.15, 0.2) is 48.7 Å². The number of rotatable bonds is 4. The third-order valence-corrected chi connectivity index (χ3v) is 9.72. The first kappa shape index (κ1) is 35.7. The first-order valence-electron chi connectivity index (χ1n) is 17.3. The standard InChI is InChI=1S/C39H46F3N3O5/c1-23-10-7-8-19-48-39(6)15-17-44(18-16-39)36-31(33(37(46)47)50-38(3,4)5)24(2)32(34(41)42)35-43-29(22-45(35)36)26-12-9-11-25(20-26)28-21-27(40)13-14-30(28)49-23/h9,11-14,20-23,33-34H,7-8,10,15-19H2,1-6H3,(H,46,47)/t23-,33-/m0/s1. The second-order valence-electron chi connectivity index (χ2n) is 14.8. The summed E-state index contributed by atoms with van der Waals surface area (Å²) in [6.45, 7) is 12.4. The zero-order valence-electron chi connectivity index (χ0n) is 29.6. The van der Waals surface area contributed by atoms with E-state index in [9.17, 15) is 14.3 Å². The Morgan fingerprint density at radius 3 is 2.48 bits per heavy atom. The van der Waals surface area contributed by atoms with Gasteiger partial charge in [-0.15, -0.1) is 0 Å². The molecule has 4 aromatic rings. The number of ether oxygens (including phenoxy) is 3. The number of hydrogen-bond donors (Lipinski definition) is 1. The second kappa shape index (κ2) is 13.9. The van der Waals surface area contributed by atoms with E-state index in [1.54, 1.807) is 37.4 Å². The number of carboxylic acids is 1. The largest absolute Gasteiger partial charge is 0.490 e. The molecule has 6 bridgehead atoms. The second-order valence-corrected chi connectivity index (χ2v) is 14.8. The monoisotopic (exact) mass is 693 g/mol. The van der Waals surface area contributed by atoms with Gasteiger partial charge in [-0.3, -0.25) is 4.40 Å². The molecule has 1 saturated heterocycles. The van der Waals surface area contributed by atoms with Gasteiger partial charge in [0.25, 0.3) is 6.43 Å². The molecule has 0 unspecified atom stereocenters. The van der Waals surface area contributed by atoms with Gasteiger partial charge in [-0.2, -0.15) is 0 Å². The molecule has 0 radical (unpaired) electrons. The Morgan fingerprint density at radius 1 is 1.08 bits per heavy atom. The lowest BCUT2D eigenvalue weighted by Crippen LogP contribution is -2.45. The molecular formula is C39H46F3N3O5. The minimum Gasteiger partial charge on any atom is -0.490 e. The fourth-order valence-corrected chi connectivity index (χ4v) is 7.11. The third-order valence-electron chi connectivity index (χ3n) is 9.72. The van der Waals surface area contributed by atoms with Crippen molar-refractivity contribution in [3.05, 3.63) is 71.2 Å². The normalized spacial score (nSPS) is 20.9. The predicted octanol–water partition coefficient (Wildman–Crippen LogP) is 9.32. The fraction of sp³-hybridized carbons (Fsp3) is 0.487. The first-order chi connectivity index (χ1) is 23.6. The summed E-state index contributed by atoms with van der Waals surface area (Å²) < 4.78 is 65.4. The maximum atomic E-state index is 15.1. The lowest BCUT2D eigenvalue weighted by molar-refractivity contribution is -0.160. The Hall–Kier alpha value is -4.09. The Morgan fingerprint density at radius 2 is 1.80 bits per heavy atom. The van der Waals surface area contributed by atoms with Crippen LogP contribution in [0.2, 0.25) is 0 Å². The summed E-state index contributed by atoms with van der Waals surface area (Å²) in [6, 6.07) is 11.8. The van der Waals surface area contributed by atoms with Gasteiger partial charge in [-0.05, 0) is 109 Å². The summed E-state index contributed by atoms with van der Waals surface area (Å²) in [7, 11) is 0. The van der Waals surface area contributed by atoms with Gasteiger partial charge in [0.15, 0.2) is 6.10 Å². The van der Waals surface area contributed by atoms with E-state index in [0.717, 1.165) is 19.3 Å². The number of alkyl halides is 2. The molecule has 1 N–H and O–H groups in total. The summed E-state index contributed by atoms with van der Waals surface area (Å²) in [5, 5.41) is 10.5. The third kappa shape index (κ3) is 7.35. The van der Waals surface area contributed by atoms with Gasteiger partial charge in [0.2, 0.25) is 0 Å². The number of halogens is 3. The van der Waals surface area contributed by atoms with Gasteiger partial charge in [0.1, 0.15) is 23.0 Å². The molecule has 1 fully saturated rings. The van der Waals surface area contributed by atoms with Crippen LogP contribution in [0.4, 0.5) is 19.0 Å². The molecule has 3 aliphatic rings. The van der Waals surface area contributed by atoms with Crippen LogP contribution in [0.5, 0.6) is 5.75 Å². The number of carbonyl (C=O) groups is 1. The molecule has 2 aromatic heterocycles. The predicted molar refractivity (Wildman–Crippen MR) is 187 cm³/mol. The molecule has 0 aliphatic carbocycles. The quantitative estimate of drug-likeness (QED) is 0.228. The topological polar surface area (TPSA) is 85.5 Å². The fourth-order valence-electron chi connectivity index (χ4n) is 7.11. The van der Waals surface area contributed by atoms with Gasteiger partial charge in [0.05, 0.1) is 28.6 Å². The van der Waals surface area contributed by atoms with Crippen molar-refractivity contribution in [3.8, 4) is 28.1 Å². The highest BCUT2D eigenvalue weighted by molar-refractivity contribution is 5.82. The Bertz CT molecular complexity index is 1880. The average Bonchev–Trinajstić information content (AvgIpc) is 3.48. The van der Waals surface area contributed by atoms with Gasteiger partial charge in [0, 0.05) is 42.6 Å². The van der Waals surface area contributed by atoms with Gasteiger partial charge >= 0.3 is 5.97 Å². The smallest absolute Gasteiger partial charge is 0.337 e. The summed E-state index contributed by atoms with van der Waals surface area (Å²) >= 11 is 0. The van der Waals surface area contributed by atoms with Crippen LogP contribution >= 0.6 is 0 Å². The van der Waals surface area contributed by atoms with E-state index < -0.39 is 35.5 Å².